The van der Waals surface area contributed by atoms with Crippen LogP contribution in [-0.4, -0.2) is 9.97 Å². The van der Waals surface area contributed by atoms with Crippen molar-refractivity contribution in [2.24, 2.45) is 0 Å². The lowest BCUT2D eigenvalue weighted by atomic mass is 10.1. The Hall–Kier alpha value is -2.80. The fourth-order valence-electron chi connectivity index (χ4n) is 2.88. The molecular weight excluding hydrogens is 412 g/mol. The van der Waals surface area contributed by atoms with Gasteiger partial charge in [-0.2, -0.15) is 0 Å². The highest BCUT2D eigenvalue weighted by Crippen LogP contribution is 2.33. The van der Waals surface area contributed by atoms with Crippen LogP contribution in [0, 0.1) is 0 Å². The minimum absolute atomic E-state index is 0.414. The number of halogens is 1. The average Bonchev–Trinajstić information content (AvgIpc) is 3.38. The fourth-order valence-corrected chi connectivity index (χ4v) is 4.76. The highest BCUT2D eigenvalue weighted by molar-refractivity contribution is 7.20. The van der Waals surface area contributed by atoms with Gasteiger partial charge >= 0.3 is 5.63 Å². The van der Waals surface area contributed by atoms with E-state index in [1.807, 2.05) is 41.1 Å². The van der Waals surface area contributed by atoms with Crippen LogP contribution in [0.15, 0.2) is 74.6 Å². The van der Waals surface area contributed by atoms with Crippen molar-refractivity contribution in [3.8, 4) is 32.5 Å². The zero-order valence-electron chi connectivity index (χ0n) is 14.3. The molecule has 0 spiro atoms. The highest BCUT2D eigenvalue weighted by Gasteiger charge is 2.15. The molecule has 4 nitrogen and oxygen atoms in total. The molecule has 0 aliphatic carbocycles. The molecule has 0 radical (unpaired) electrons. The molecular formula is C21H11ClN2O2S2. The standard InChI is InChI=1S/C21H11ClN2O2S2/c22-14-6-7-18-13(8-14)9-15(21(25)26-18)17-11-28-20(24-17)19-23-16(10-27-19)12-4-2-1-3-5-12/h1-11H. The molecule has 0 fully saturated rings. The minimum Gasteiger partial charge on any atom is -0.422 e. The molecule has 0 atom stereocenters. The summed E-state index contributed by atoms with van der Waals surface area (Å²) in [5.74, 6) is 0. The molecule has 0 saturated heterocycles. The van der Waals surface area contributed by atoms with Crippen molar-refractivity contribution in [1.29, 1.82) is 0 Å². The maximum atomic E-state index is 12.4. The second-order valence-electron chi connectivity index (χ2n) is 6.07. The Morgan fingerprint density at radius 2 is 1.57 bits per heavy atom. The van der Waals surface area contributed by atoms with Crippen LogP contribution in [0.5, 0.6) is 0 Å². The average molecular weight is 423 g/mol. The SMILES string of the molecule is O=c1oc2ccc(Cl)cc2cc1-c1csc(-c2nc(-c3ccccc3)cs2)n1. The zero-order valence-corrected chi connectivity index (χ0v) is 16.6. The van der Waals surface area contributed by atoms with Gasteiger partial charge in [0.15, 0.2) is 10.0 Å². The van der Waals surface area contributed by atoms with Crippen LogP contribution in [0.2, 0.25) is 5.02 Å². The van der Waals surface area contributed by atoms with Crippen molar-refractivity contribution in [1.82, 2.24) is 9.97 Å². The minimum atomic E-state index is -0.421. The molecule has 28 heavy (non-hydrogen) atoms. The Kier molecular flexibility index (Phi) is 4.31. The third-order valence-electron chi connectivity index (χ3n) is 4.23. The number of hydrogen-bond donors (Lipinski definition) is 0. The third-order valence-corrected chi connectivity index (χ3v) is 6.29. The van der Waals surface area contributed by atoms with Gasteiger partial charge in [-0.25, -0.2) is 14.8 Å². The van der Waals surface area contributed by atoms with E-state index in [0.29, 0.717) is 21.9 Å². The molecule has 5 rings (SSSR count). The van der Waals surface area contributed by atoms with Crippen LogP contribution >= 0.6 is 34.3 Å². The van der Waals surface area contributed by atoms with Gasteiger partial charge in [-0.3, -0.25) is 0 Å². The van der Waals surface area contributed by atoms with Crippen LogP contribution in [-0.2, 0) is 0 Å². The van der Waals surface area contributed by atoms with E-state index < -0.39 is 5.63 Å². The largest absolute Gasteiger partial charge is 0.422 e. The number of aromatic nitrogens is 2. The quantitative estimate of drug-likeness (QED) is 0.317. The Morgan fingerprint density at radius 1 is 0.857 bits per heavy atom. The molecule has 0 aliphatic rings. The molecule has 3 aromatic heterocycles. The van der Waals surface area contributed by atoms with Crippen LogP contribution < -0.4 is 5.63 Å². The Balaban J connectivity index is 1.53. The van der Waals surface area contributed by atoms with Gasteiger partial charge in [0.05, 0.1) is 17.0 Å². The molecule has 136 valence electrons. The Bertz CT molecular complexity index is 1360. The normalized spacial score (nSPS) is 11.2. The molecule has 3 heterocycles. The number of hydrogen-bond acceptors (Lipinski definition) is 6. The summed E-state index contributed by atoms with van der Waals surface area (Å²) < 4.78 is 5.42. The first-order valence-corrected chi connectivity index (χ1v) is 10.5. The van der Waals surface area contributed by atoms with E-state index in [-0.39, 0.29) is 0 Å². The highest BCUT2D eigenvalue weighted by atomic mass is 35.5. The van der Waals surface area contributed by atoms with Gasteiger partial charge in [0.25, 0.3) is 0 Å². The molecule has 0 bridgehead atoms. The van der Waals surface area contributed by atoms with Gasteiger partial charge < -0.3 is 4.42 Å². The second kappa shape index (κ2) is 6.98. The summed E-state index contributed by atoms with van der Waals surface area (Å²) >= 11 is 9.04. The first-order chi connectivity index (χ1) is 13.7. The van der Waals surface area contributed by atoms with Gasteiger partial charge in [-0.05, 0) is 24.3 Å². The van der Waals surface area contributed by atoms with Crippen molar-refractivity contribution in [2.45, 2.75) is 0 Å². The predicted octanol–water partition coefficient (Wildman–Crippen LogP) is 6.36. The molecule has 0 N–H and O–H groups in total. The monoisotopic (exact) mass is 422 g/mol. The molecule has 2 aromatic carbocycles. The lowest BCUT2D eigenvalue weighted by Gasteiger charge is -2.00. The van der Waals surface area contributed by atoms with Crippen LogP contribution in [0.4, 0.5) is 0 Å². The molecule has 7 heteroatoms. The van der Waals surface area contributed by atoms with Crippen molar-refractivity contribution < 1.29 is 4.42 Å². The van der Waals surface area contributed by atoms with E-state index in [1.165, 1.54) is 22.7 Å². The molecule has 0 unspecified atom stereocenters. The van der Waals surface area contributed by atoms with E-state index in [4.69, 9.17) is 16.0 Å². The summed E-state index contributed by atoms with van der Waals surface area (Å²) in [7, 11) is 0. The predicted molar refractivity (Wildman–Crippen MR) is 115 cm³/mol. The van der Waals surface area contributed by atoms with Gasteiger partial charge in [0.1, 0.15) is 5.58 Å². The van der Waals surface area contributed by atoms with Gasteiger partial charge in [-0.1, -0.05) is 41.9 Å². The summed E-state index contributed by atoms with van der Waals surface area (Å²) in [6, 6.07) is 16.9. The Morgan fingerprint density at radius 3 is 2.36 bits per heavy atom. The third kappa shape index (κ3) is 3.16. The van der Waals surface area contributed by atoms with Crippen molar-refractivity contribution in [3.05, 3.63) is 80.8 Å². The van der Waals surface area contributed by atoms with E-state index in [2.05, 4.69) is 9.97 Å². The lowest BCUT2D eigenvalue weighted by molar-refractivity contribution is 0.563. The maximum absolute atomic E-state index is 12.4. The van der Waals surface area contributed by atoms with E-state index in [9.17, 15) is 4.79 Å². The van der Waals surface area contributed by atoms with E-state index in [1.54, 1.807) is 24.3 Å². The molecule has 0 aliphatic heterocycles. The smallest absolute Gasteiger partial charge is 0.345 e. The van der Waals surface area contributed by atoms with Gasteiger partial charge in [-0.15, -0.1) is 22.7 Å². The van der Waals surface area contributed by atoms with Crippen LogP contribution in [0.25, 0.3) is 43.5 Å². The summed E-state index contributed by atoms with van der Waals surface area (Å²) in [6.45, 7) is 0. The number of nitrogens with zero attached hydrogens (tertiary/aromatic N) is 2. The molecule has 0 saturated carbocycles. The van der Waals surface area contributed by atoms with E-state index in [0.717, 1.165) is 26.7 Å². The lowest BCUT2D eigenvalue weighted by Crippen LogP contribution is -2.02. The number of thiazole rings is 2. The van der Waals surface area contributed by atoms with Crippen molar-refractivity contribution >= 4 is 45.2 Å². The number of benzene rings is 2. The zero-order chi connectivity index (χ0) is 19.1. The van der Waals surface area contributed by atoms with E-state index >= 15 is 0 Å². The fraction of sp³-hybridized carbons (Fsp3) is 0. The second-order valence-corrected chi connectivity index (χ2v) is 8.22. The van der Waals surface area contributed by atoms with Crippen molar-refractivity contribution in [2.75, 3.05) is 0 Å². The molecule has 0 amide bonds. The topological polar surface area (TPSA) is 56.0 Å². The molecule has 5 aromatic rings. The summed E-state index contributed by atoms with van der Waals surface area (Å²) in [5.41, 5.74) is 3.05. The number of rotatable bonds is 3. The maximum Gasteiger partial charge on any atom is 0.345 e. The first kappa shape index (κ1) is 17.3. The van der Waals surface area contributed by atoms with Crippen molar-refractivity contribution in [3.63, 3.8) is 0 Å². The summed E-state index contributed by atoms with van der Waals surface area (Å²) in [5, 5.41) is 6.80. The summed E-state index contributed by atoms with van der Waals surface area (Å²) in [6.07, 6.45) is 0. The van der Waals surface area contributed by atoms with Gasteiger partial charge in [0, 0.05) is 26.7 Å². The van der Waals surface area contributed by atoms with Gasteiger partial charge in [0.2, 0.25) is 0 Å². The van der Waals surface area contributed by atoms with Crippen LogP contribution in [0.3, 0.4) is 0 Å². The summed E-state index contributed by atoms with van der Waals surface area (Å²) in [4.78, 5) is 21.7. The van der Waals surface area contributed by atoms with Crippen LogP contribution in [0.1, 0.15) is 0 Å². The first-order valence-electron chi connectivity index (χ1n) is 8.38. The Labute approximate surface area is 172 Å². The number of fused-ring (bicyclic) bond motifs is 1.